The van der Waals surface area contributed by atoms with Gasteiger partial charge in [0, 0.05) is 30.8 Å². The van der Waals surface area contributed by atoms with Crippen molar-refractivity contribution in [3.8, 4) is 17.0 Å². The fraction of sp³-hybridized carbons (Fsp3) is 0.600. The highest BCUT2D eigenvalue weighted by molar-refractivity contribution is 5.83. The van der Waals surface area contributed by atoms with Gasteiger partial charge in [0.15, 0.2) is 0 Å². The van der Waals surface area contributed by atoms with Crippen molar-refractivity contribution >= 4 is 11.5 Å². The standard InChI is InChI=1S/C25H37N5O/c1-15(2)13-30(5)23-19-12-25(3,4)21-22(28-14-29-24(21)27)18(19)10-11-20(23)31-17-8-6-16(26)7-9-17/h10-11,14-17H,6-9,12-13,26H2,1-5H3,(H2,27,28,29)/t16-,17-. The lowest BCUT2D eigenvalue weighted by Gasteiger charge is -2.38. The lowest BCUT2D eigenvalue weighted by Crippen LogP contribution is -2.33. The third-order valence-electron chi connectivity index (χ3n) is 6.71. The van der Waals surface area contributed by atoms with E-state index >= 15 is 0 Å². The molecule has 0 atom stereocenters. The fourth-order valence-corrected chi connectivity index (χ4v) is 5.36. The van der Waals surface area contributed by atoms with E-state index in [1.54, 1.807) is 6.33 Å². The van der Waals surface area contributed by atoms with E-state index in [1.807, 2.05) is 0 Å². The molecule has 0 amide bonds. The molecule has 1 saturated carbocycles. The summed E-state index contributed by atoms with van der Waals surface area (Å²) in [5, 5.41) is 0. The minimum absolute atomic E-state index is 0.155. The van der Waals surface area contributed by atoms with Crippen LogP contribution in [-0.2, 0) is 11.8 Å². The number of aromatic nitrogens is 2. The molecule has 1 heterocycles. The summed E-state index contributed by atoms with van der Waals surface area (Å²) in [5.41, 5.74) is 17.9. The van der Waals surface area contributed by atoms with Crippen LogP contribution in [0.25, 0.3) is 11.3 Å². The molecular formula is C25H37N5O. The van der Waals surface area contributed by atoms with E-state index in [4.69, 9.17) is 16.2 Å². The van der Waals surface area contributed by atoms with Gasteiger partial charge < -0.3 is 21.1 Å². The Balaban J connectivity index is 1.82. The van der Waals surface area contributed by atoms with Gasteiger partial charge in [0.1, 0.15) is 17.9 Å². The van der Waals surface area contributed by atoms with E-state index in [0.717, 1.165) is 61.2 Å². The second kappa shape index (κ2) is 8.30. The molecule has 1 aromatic heterocycles. The first kappa shape index (κ1) is 21.9. The Kier molecular flexibility index (Phi) is 5.86. The quantitative estimate of drug-likeness (QED) is 0.745. The molecule has 0 bridgehead atoms. The predicted octanol–water partition coefficient (Wildman–Crippen LogP) is 4.30. The molecule has 6 heteroatoms. The smallest absolute Gasteiger partial charge is 0.143 e. The van der Waals surface area contributed by atoms with Gasteiger partial charge in [0.2, 0.25) is 0 Å². The normalized spacial score (nSPS) is 22.0. The Hall–Kier alpha value is -2.34. The number of nitrogens with two attached hydrogens (primary N) is 2. The van der Waals surface area contributed by atoms with Crippen LogP contribution in [-0.4, -0.2) is 35.7 Å². The molecule has 4 N–H and O–H groups in total. The van der Waals surface area contributed by atoms with Crippen LogP contribution in [0.15, 0.2) is 18.5 Å². The second-order valence-corrected chi connectivity index (χ2v) is 10.4. The van der Waals surface area contributed by atoms with E-state index in [9.17, 15) is 0 Å². The van der Waals surface area contributed by atoms with Crippen molar-refractivity contribution in [1.29, 1.82) is 0 Å². The molecular weight excluding hydrogens is 386 g/mol. The largest absolute Gasteiger partial charge is 0.488 e. The molecule has 0 aliphatic heterocycles. The highest BCUT2D eigenvalue weighted by Crippen LogP contribution is 2.49. The molecule has 168 valence electrons. The van der Waals surface area contributed by atoms with Crippen LogP contribution in [0.5, 0.6) is 5.75 Å². The van der Waals surface area contributed by atoms with Crippen molar-refractivity contribution in [1.82, 2.24) is 9.97 Å². The maximum Gasteiger partial charge on any atom is 0.143 e. The first-order valence-electron chi connectivity index (χ1n) is 11.6. The zero-order valence-corrected chi connectivity index (χ0v) is 19.6. The van der Waals surface area contributed by atoms with E-state index < -0.39 is 0 Å². The summed E-state index contributed by atoms with van der Waals surface area (Å²) in [6.45, 7) is 9.93. The molecule has 0 unspecified atom stereocenters. The lowest BCUT2D eigenvalue weighted by atomic mass is 9.71. The Morgan fingerprint density at radius 3 is 2.55 bits per heavy atom. The number of benzene rings is 1. The van der Waals surface area contributed by atoms with Crippen molar-refractivity contribution < 1.29 is 4.74 Å². The van der Waals surface area contributed by atoms with Crippen molar-refractivity contribution in [2.24, 2.45) is 11.7 Å². The van der Waals surface area contributed by atoms with Crippen LogP contribution in [0.3, 0.4) is 0 Å². The van der Waals surface area contributed by atoms with Gasteiger partial charge in [0.25, 0.3) is 0 Å². The summed E-state index contributed by atoms with van der Waals surface area (Å²) in [6, 6.07) is 4.60. The van der Waals surface area contributed by atoms with Gasteiger partial charge in [-0.05, 0) is 61.1 Å². The molecule has 6 nitrogen and oxygen atoms in total. The SMILES string of the molecule is CC(C)CN(C)c1c(O[C@H]2CC[C@H](N)CC2)ccc2c1CC(C)(C)c1c(N)ncnc1-2. The van der Waals surface area contributed by atoms with Crippen molar-refractivity contribution in [2.45, 2.75) is 77.4 Å². The fourth-order valence-electron chi connectivity index (χ4n) is 5.36. The Morgan fingerprint density at radius 2 is 1.87 bits per heavy atom. The minimum Gasteiger partial charge on any atom is -0.488 e. The lowest BCUT2D eigenvalue weighted by molar-refractivity contribution is 0.147. The van der Waals surface area contributed by atoms with E-state index in [1.165, 1.54) is 11.3 Å². The van der Waals surface area contributed by atoms with Crippen LogP contribution in [0.2, 0.25) is 0 Å². The third-order valence-corrected chi connectivity index (χ3v) is 6.71. The third kappa shape index (κ3) is 4.22. The highest BCUT2D eigenvalue weighted by atomic mass is 16.5. The van der Waals surface area contributed by atoms with Gasteiger partial charge in [-0.3, -0.25) is 0 Å². The number of hydrogen-bond donors (Lipinski definition) is 2. The first-order chi connectivity index (χ1) is 14.7. The first-order valence-corrected chi connectivity index (χ1v) is 11.6. The Morgan fingerprint density at radius 1 is 1.16 bits per heavy atom. The number of nitrogen functional groups attached to an aromatic ring is 1. The molecule has 4 rings (SSSR count). The summed E-state index contributed by atoms with van der Waals surface area (Å²) in [4.78, 5) is 11.3. The van der Waals surface area contributed by atoms with Crippen LogP contribution in [0, 0.1) is 5.92 Å². The van der Waals surface area contributed by atoms with Gasteiger partial charge in [-0.1, -0.05) is 27.7 Å². The van der Waals surface area contributed by atoms with Gasteiger partial charge in [0.05, 0.1) is 17.5 Å². The summed E-state index contributed by atoms with van der Waals surface area (Å²) in [6.07, 6.45) is 6.77. The minimum atomic E-state index is -0.155. The van der Waals surface area contributed by atoms with E-state index in [0.29, 0.717) is 17.8 Å². The molecule has 31 heavy (non-hydrogen) atoms. The van der Waals surface area contributed by atoms with Crippen LogP contribution in [0.4, 0.5) is 11.5 Å². The zero-order valence-electron chi connectivity index (χ0n) is 19.6. The zero-order chi connectivity index (χ0) is 22.3. The van der Waals surface area contributed by atoms with E-state index in [2.05, 4.69) is 61.7 Å². The maximum absolute atomic E-state index is 6.63. The molecule has 0 saturated heterocycles. The van der Waals surface area contributed by atoms with E-state index in [-0.39, 0.29) is 11.5 Å². The molecule has 1 aromatic carbocycles. The van der Waals surface area contributed by atoms with Crippen molar-refractivity contribution in [3.63, 3.8) is 0 Å². The number of rotatable bonds is 5. The number of nitrogens with zero attached hydrogens (tertiary/aromatic N) is 3. The molecule has 2 aliphatic carbocycles. The van der Waals surface area contributed by atoms with Gasteiger partial charge in [-0.15, -0.1) is 0 Å². The summed E-state index contributed by atoms with van der Waals surface area (Å²) >= 11 is 0. The van der Waals surface area contributed by atoms with Gasteiger partial charge >= 0.3 is 0 Å². The monoisotopic (exact) mass is 423 g/mol. The molecule has 1 fully saturated rings. The number of anilines is 2. The average molecular weight is 424 g/mol. The van der Waals surface area contributed by atoms with Crippen molar-refractivity contribution in [2.75, 3.05) is 24.2 Å². The van der Waals surface area contributed by atoms with Crippen molar-refractivity contribution in [3.05, 3.63) is 29.6 Å². The predicted molar refractivity (Wildman–Crippen MR) is 128 cm³/mol. The summed E-state index contributed by atoms with van der Waals surface area (Å²) in [5.74, 6) is 2.10. The van der Waals surface area contributed by atoms with Crippen LogP contribution < -0.4 is 21.1 Å². The second-order valence-electron chi connectivity index (χ2n) is 10.4. The molecule has 0 radical (unpaired) electrons. The topological polar surface area (TPSA) is 90.3 Å². The highest BCUT2D eigenvalue weighted by Gasteiger charge is 2.37. The Labute approximate surface area is 186 Å². The summed E-state index contributed by atoms with van der Waals surface area (Å²) in [7, 11) is 2.18. The number of ether oxygens (including phenoxy) is 1. The number of fused-ring (bicyclic) bond motifs is 3. The molecule has 0 spiro atoms. The summed E-state index contributed by atoms with van der Waals surface area (Å²) < 4.78 is 6.63. The molecule has 2 aromatic rings. The average Bonchev–Trinajstić information content (AvgIpc) is 2.68. The van der Waals surface area contributed by atoms with Gasteiger partial charge in [-0.25, -0.2) is 9.97 Å². The maximum atomic E-state index is 6.63. The number of hydrogen-bond acceptors (Lipinski definition) is 6. The van der Waals surface area contributed by atoms with Crippen LogP contribution in [0.1, 0.15) is 64.5 Å². The molecule has 2 aliphatic rings. The van der Waals surface area contributed by atoms with Gasteiger partial charge in [-0.2, -0.15) is 0 Å². The van der Waals surface area contributed by atoms with Crippen LogP contribution >= 0.6 is 0 Å². The Bertz CT molecular complexity index is 947.